The Morgan fingerprint density at radius 1 is 1.43 bits per heavy atom. The SMILES string of the molecule is Cc1nc(C)c(C(C)NC(=O)C2CNc3ccccc32)s1. The Hall–Kier alpha value is -1.88. The number of hydrogen-bond acceptors (Lipinski definition) is 4. The molecular weight excluding hydrogens is 282 g/mol. The summed E-state index contributed by atoms with van der Waals surface area (Å²) < 4.78 is 0. The number of nitrogens with one attached hydrogen (secondary N) is 2. The Balaban J connectivity index is 1.74. The standard InChI is InChI=1S/C16H19N3OS/c1-9-15(21-11(3)18-9)10(2)19-16(20)13-8-17-14-7-5-4-6-12(13)14/h4-7,10,13,17H,8H2,1-3H3,(H,19,20). The number of anilines is 1. The van der Waals surface area contributed by atoms with E-state index in [9.17, 15) is 4.79 Å². The lowest BCUT2D eigenvalue weighted by atomic mass is 10.00. The second kappa shape index (κ2) is 5.48. The van der Waals surface area contributed by atoms with Gasteiger partial charge in [-0.15, -0.1) is 11.3 Å². The topological polar surface area (TPSA) is 54.0 Å². The van der Waals surface area contributed by atoms with Crippen molar-refractivity contribution in [2.45, 2.75) is 32.7 Å². The van der Waals surface area contributed by atoms with Crippen molar-refractivity contribution >= 4 is 22.9 Å². The van der Waals surface area contributed by atoms with E-state index in [1.165, 1.54) is 0 Å². The van der Waals surface area contributed by atoms with Crippen molar-refractivity contribution in [1.29, 1.82) is 0 Å². The largest absolute Gasteiger partial charge is 0.384 e. The molecule has 2 atom stereocenters. The van der Waals surface area contributed by atoms with E-state index in [0.717, 1.165) is 26.8 Å². The molecule has 2 unspecified atom stereocenters. The van der Waals surface area contributed by atoms with Crippen molar-refractivity contribution < 1.29 is 4.79 Å². The van der Waals surface area contributed by atoms with Gasteiger partial charge in [-0.2, -0.15) is 0 Å². The van der Waals surface area contributed by atoms with Crippen molar-refractivity contribution in [2.24, 2.45) is 0 Å². The van der Waals surface area contributed by atoms with Crippen molar-refractivity contribution in [3.63, 3.8) is 0 Å². The van der Waals surface area contributed by atoms with Crippen LogP contribution in [0.1, 0.15) is 40.0 Å². The molecule has 1 aromatic carbocycles. The predicted molar refractivity (Wildman–Crippen MR) is 85.8 cm³/mol. The molecule has 2 N–H and O–H groups in total. The first-order chi connectivity index (χ1) is 10.1. The monoisotopic (exact) mass is 301 g/mol. The molecule has 1 amide bonds. The number of fused-ring (bicyclic) bond motifs is 1. The molecule has 0 fully saturated rings. The minimum absolute atomic E-state index is 0.00328. The zero-order valence-corrected chi connectivity index (χ0v) is 13.3. The smallest absolute Gasteiger partial charge is 0.229 e. The van der Waals surface area contributed by atoms with Crippen LogP contribution in [-0.2, 0) is 4.79 Å². The number of aromatic nitrogens is 1. The maximum atomic E-state index is 12.5. The summed E-state index contributed by atoms with van der Waals surface area (Å²) in [6.45, 7) is 6.67. The summed E-state index contributed by atoms with van der Waals surface area (Å²) in [5.41, 5.74) is 3.16. The van der Waals surface area contributed by atoms with Gasteiger partial charge in [0.05, 0.1) is 22.7 Å². The Kier molecular flexibility index (Phi) is 3.68. The zero-order valence-electron chi connectivity index (χ0n) is 12.4. The maximum absolute atomic E-state index is 12.5. The van der Waals surface area contributed by atoms with E-state index in [4.69, 9.17) is 0 Å². The van der Waals surface area contributed by atoms with Gasteiger partial charge in [0.1, 0.15) is 0 Å². The normalized spacial score (nSPS) is 18.0. The van der Waals surface area contributed by atoms with Gasteiger partial charge in [0.2, 0.25) is 5.91 Å². The number of rotatable bonds is 3. The molecule has 110 valence electrons. The van der Waals surface area contributed by atoms with E-state index in [0.29, 0.717) is 6.54 Å². The lowest BCUT2D eigenvalue weighted by Gasteiger charge is -2.16. The Bertz CT molecular complexity index is 680. The van der Waals surface area contributed by atoms with Gasteiger partial charge < -0.3 is 10.6 Å². The molecule has 0 aliphatic carbocycles. The Morgan fingerprint density at radius 2 is 2.19 bits per heavy atom. The van der Waals surface area contributed by atoms with Crippen molar-refractivity contribution in [1.82, 2.24) is 10.3 Å². The van der Waals surface area contributed by atoms with Crippen molar-refractivity contribution in [3.05, 3.63) is 45.4 Å². The third-order valence-corrected chi connectivity index (χ3v) is 5.10. The van der Waals surface area contributed by atoms with Gasteiger partial charge in [0.25, 0.3) is 0 Å². The van der Waals surface area contributed by atoms with Gasteiger partial charge in [-0.3, -0.25) is 4.79 Å². The lowest BCUT2D eigenvalue weighted by molar-refractivity contribution is -0.122. The van der Waals surface area contributed by atoms with Crippen LogP contribution in [0.5, 0.6) is 0 Å². The molecular formula is C16H19N3OS. The fourth-order valence-electron chi connectivity index (χ4n) is 2.85. The van der Waals surface area contributed by atoms with E-state index < -0.39 is 0 Å². The van der Waals surface area contributed by atoms with Crippen LogP contribution in [0.25, 0.3) is 0 Å². The minimum atomic E-state index is -0.113. The minimum Gasteiger partial charge on any atom is -0.384 e. The van der Waals surface area contributed by atoms with Crippen LogP contribution in [-0.4, -0.2) is 17.4 Å². The predicted octanol–water partition coefficient (Wildman–Crippen LogP) is 3.15. The highest BCUT2D eigenvalue weighted by molar-refractivity contribution is 7.11. The van der Waals surface area contributed by atoms with Crippen LogP contribution in [0.3, 0.4) is 0 Å². The average Bonchev–Trinajstić information content (AvgIpc) is 3.01. The van der Waals surface area contributed by atoms with E-state index in [1.54, 1.807) is 11.3 Å². The number of benzene rings is 1. The number of para-hydroxylation sites is 1. The first kappa shape index (κ1) is 14.1. The summed E-state index contributed by atoms with van der Waals surface area (Å²) in [6, 6.07) is 8.00. The van der Waals surface area contributed by atoms with Gasteiger partial charge in [-0.05, 0) is 32.4 Å². The molecule has 3 rings (SSSR count). The molecule has 1 aliphatic heterocycles. The first-order valence-electron chi connectivity index (χ1n) is 7.13. The van der Waals surface area contributed by atoms with E-state index in [2.05, 4.69) is 15.6 Å². The highest BCUT2D eigenvalue weighted by atomic mass is 32.1. The van der Waals surface area contributed by atoms with Gasteiger partial charge in [0.15, 0.2) is 0 Å². The number of amides is 1. The molecule has 21 heavy (non-hydrogen) atoms. The molecule has 0 saturated heterocycles. The molecule has 0 radical (unpaired) electrons. The highest BCUT2D eigenvalue weighted by Gasteiger charge is 2.29. The third-order valence-electron chi connectivity index (χ3n) is 3.84. The van der Waals surface area contributed by atoms with Crippen LogP contribution in [0, 0.1) is 13.8 Å². The molecule has 0 spiro atoms. The molecule has 5 heteroatoms. The van der Waals surface area contributed by atoms with Gasteiger partial charge in [0, 0.05) is 17.1 Å². The second-order valence-corrected chi connectivity index (χ2v) is 6.67. The molecule has 0 bridgehead atoms. The highest BCUT2D eigenvalue weighted by Crippen LogP contribution is 2.32. The number of hydrogen-bond donors (Lipinski definition) is 2. The van der Waals surface area contributed by atoms with Crippen LogP contribution in [0.2, 0.25) is 0 Å². The van der Waals surface area contributed by atoms with Crippen LogP contribution in [0.15, 0.2) is 24.3 Å². The van der Waals surface area contributed by atoms with E-state index >= 15 is 0 Å². The summed E-state index contributed by atoms with van der Waals surface area (Å²) in [5, 5.41) is 7.45. The quantitative estimate of drug-likeness (QED) is 0.915. The van der Waals surface area contributed by atoms with Gasteiger partial charge in [-0.1, -0.05) is 18.2 Å². The van der Waals surface area contributed by atoms with Crippen LogP contribution < -0.4 is 10.6 Å². The molecule has 1 aromatic heterocycles. The first-order valence-corrected chi connectivity index (χ1v) is 7.95. The fourth-order valence-corrected chi connectivity index (χ4v) is 3.78. The van der Waals surface area contributed by atoms with E-state index in [1.807, 2.05) is 45.0 Å². The molecule has 0 saturated carbocycles. The summed E-state index contributed by atoms with van der Waals surface area (Å²) in [6.07, 6.45) is 0. The Morgan fingerprint density at radius 3 is 2.90 bits per heavy atom. The number of aryl methyl sites for hydroxylation is 2. The number of carbonyl (C=O) groups excluding carboxylic acids is 1. The maximum Gasteiger partial charge on any atom is 0.229 e. The number of carbonyl (C=O) groups is 1. The lowest BCUT2D eigenvalue weighted by Crippen LogP contribution is -2.32. The van der Waals surface area contributed by atoms with E-state index in [-0.39, 0.29) is 17.9 Å². The van der Waals surface area contributed by atoms with Crippen molar-refractivity contribution in [2.75, 3.05) is 11.9 Å². The zero-order chi connectivity index (χ0) is 15.0. The summed E-state index contributed by atoms with van der Waals surface area (Å²) in [7, 11) is 0. The van der Waals surface area contributed by atoms with Crippen LogP contribution >= 0.6 is 11.3 Å². The summed E-state index contributed by atoms with van der Waals surface area (Å²) in [5.74, 6) is -0.0385. The number of nitrogens with zero attached hydrogens (tertiary/aromatic N) is 1. The Labute approximate surface area is 128 Å². The summed E-state index contributed by atoms with van der Waals surface area (Å²) in [4.78, 5) is 18.1. The molecule has 2 heterocycles. The second-order valence-electron chi connectivity index (χ2n) is 5.43. The number of thiazole rings is 1. The summed E-state index contributed by atoms with van der Waals surface area (Å²) >= 11 is 1.65. The van der Waals surface area contributed by atoms with Gasteiger partial charge in [-0.25, -0.2) is 4.98 Å². The molecule has 1 aliphatic rings. The molecule has 4 nitrogen and oxygen atoms in total. The third kappa shape index (κ3) is 2.65. The van der Waals surface area contributed by atoms with Crippen molar-refractivity contribution in [3.8, 4) is 0 Å². The molecule has 2 aromatic rings. The fraction of sp³-hybridized carbons (Fsp3) is 0.375. The van der Waals surface area contributed by atoms with Crippen LogP contribution in [0.4, 0.5) is 5.69 Å². The van der Waals surface area contributed by atoms with Gasteiger partial charge >= 0.3 is 0 Å². The average molecular weight is 301 g/mol.